The Bertz CT molecular complexity index is 2730. The third-order valence-corrected chi connectivity index (χ3v) is 9.02. The number of benzene rings is 5. The summed E-state index contributed by atoms with van der Waals surface area (Å²) in [5, 5.41) is 7.89. The van der Waals surface area contributed by atoms with Crippen molar-refractivity contribution in [3.05, 3.63) is 146 Å². The molecule has 5 aromatic heterocycles. The highest BCUT2D eigenvalue weighted by Gasteiger charge is 2.27. The number of pyridine rings is 2. The number of rotatable bonds is 3. The second-order valence-corrected chi connectivity index (χ2v) is 11.5. The van der Waals surface area contributed by atoms with Crippen molar-refractivity contribution in [2.75, 3.05) is 0 Å². The predicted octanol–water partition coefficient (Wildman–Crippen LogP) is 10.2. The van der Waals surface area contributed by atoms with Gasteiger partial charge in [-0.2, -0.15) is 0 Å². The summed E-state index contributed by atoms with van der Waals surface area (Å²) in [6.45, 7) is 0. The molecule has 10 aromatic rings. The predicted molar refractivity (Wildman–Crippen MR) is 183 cm³/mol. The topological polar surface area (TPSA) is 48.8 Å². The maximum Gasteiger partial charge on any atom is 0.217 e. The van der Waals surface area contributed by atoms with Gasteiger partial charge >= 0.3 is 0 Å². The highest BCUT2D eigenvalue weighted by atomic mass is 16.4. The summed E-state index contributed by atoms with van der Waals surface area (Å²) in [4.78, 5) is 9.71. The fourth-order valence-electron chi connectivity index (χ4n) is 7.06. The molecule has 5 aromatic carbocycles. The molecule has 0 spiro atoms. The molecule has 0 N–H and O–H groups in total. The van der Waals surface area contributed by atoms with Gasteiger partial charge in [-0.1, -0.05) is 84.9 Å². The molecule has 0 amide bonds. The van der Waals surface area contributed by atoms with E-state index in [1.165, 1.54) is 10.8 Å². The molecular weight excluding hydrogens is 552 g/mol. The lowest BCUT2D eigenvalue weighted by Crippen LogP contribution is -1.98. The van der Waals surface area contributed by atoms with Gasteiger partial charge in [0.2, 0.25) is 11.4 Å². The minimum atomic E-state index is 0.769. The minimum absolute atomic E-state index is 0.769. The van der Waals surface area contributed by atoms with Crippen LogP contribution in [0.4, 0.5) is 0 Å². The van der Waals surface area contributed by atoms with E-state index in [4.69, 9.17) is 14.4 Å². The maximum absolute atomic E-state index is 7.07. The Labute approximate surface area is 257 Å². The number of para-hydroxylation sites is 1. The monoisotopic (exact) mass is 576 g/mol. The summed E-state index contributed by atoms with van der Waals surface area (Å²) >= 11 is 0. The number of fused-ring (bicyclic) bond motifs is 11. The van der Waals surface area contributed by atoms with Crippen LogP contribution >= 0.6 is 0 Å². The Morgan fingerprint density at radius 2 is 1.16 bits per heavy atom. The van der Waals surface area contributed by atoms with Gasteiger partial charge < -0.3 is 4.42 Å². The van der Waals surface area contributed by atoms with Crippen LogP contribution in [0.5, 0.6) is 0 Å². The van der Waals surface area contributed by atoms with Crippen LogP contribution in [0.3, 0.4) is 0 Å². The molecule has 5 nitrogen and oxygen atoms in total. The molecule has 10 rings (SSSR count). The van der Waals surface area contributed by atoms with Crippen LogP contribution in [-0.2, 0) is 0 Å². The number of furan rings is 1. The van der Waals surface area contributed by atoms with Gasteiger partial charge in [-0.25, -0.2) is 4.98 Å². The molecule has 5 heteroatoms. The van der Waals surface area contributed by atoms with E-state index in [1.54, 1.807) is 0 Å². The van der Waals surface area contributed by atoms with E-state index in [0.717, 1.165) is 77.5 Å². The van der Waals surface area contributed by atoms with Crippen LogP contribution in [-0.4, -0.2) is 19.1 Å². The zero-order valence-electron chi connectivity index (χ0n) is 24.1. The highest BCUT2D eigenvalue weighted by Crippen LogP contribution is 2.46. The standard InChI is InChI=1S/C40H24N4O/c1-3-10-25(11-4-1)27-18-22-34(42-24-27)44-38-30-16-9-23-41-33(30)21-20-32(38)36-35-31-19-17-26-12-7-8-15-29(26)37(31)43(39(35)45-40(36)44)28-13-5-2-6-14-28/h1-24H. The molecule has 0 unspecified atom stereocenters. The summed E-state index contributed by atoms with van der Waals surface area (Å²) in [5.74, 6) is 0.795. The summed E-state index contributed by atoms with van der Waals surface area (Å²) in [6, 6.07) is 46.5. The maximum atomic E-state index is 7.07. The second kappa shape index (κ2) is 9.15. The van der Waals surface area contributed by atoms with Gasteiger partial charge in [0, 0.05) is 45.2 Å². The first-order valence-corrected chi connectivity index (χ1v) is 15.1. The van der Waals surface area contributed by atoms with Gasteiger partial charge in [-0.15, -0.1) is 0 Å². The molecular formula is C40H24N4O. The van der Waals surface area contributed by atoms with Crippen LogP contribution in [0.15, 0.2) is 150 Å². The first-order valence-electron chi connectivity index (χ1n) is 15.1. The summed E-state index contributed by atoms with van der Waals surface area (Å²) < 4.78 is 11.5. The van der Waals surface area contributed by atoms with Crippen molar-refractivity contribution in [1.29, 1.82) is 0 Å². The van der Waals surface area contributed by atoms with Crippen LogP contribution in [0.1, 0.15) is 0 Å². The molecule has 0 aliphatic rings. The molecule has 5 heterocycles. The molecule has 0 saturated heterocycles. The van der Waals surface area contributed by atoms with Gasteiger partial charge in [0.25, 0.3) is 0 Å². The van der Waals surface area contributed by atoms with Gasteiger partial charge in [-0.3, -0.25) is 14.1 Å². The fourth-order valence-corrected chi connectivity index (χ4v) is 7.06. The van der Waals surface area contributed by atoms with Crippen molar-refractivity contribution in [2.45, 2.75) is 0 Å². The van der Waals surface area contributed by atoms with Crippen LogP contribution in [0, 0.1) is 0 Å². The van der Waals surface area contributed by atoms with Crippen molar-refractivity contribution in [3.8, 4) is 22.6 Å². The third kappa shape index (κ3) is 3.38. The Morgan fingerprint density at radius 1 is 0.467 bits per heavy atom. The van der Waals surface area contributed by atoms with E-state index in [0.29, 0.717) is 0 Å². The van der Waals surface area contributed by atoms with E-state index in [-0.39, 0.29) is 0 Å². The zero-order valence-corrected chi connectivity index (χ0v) is 24.1. The first-order chi connectivity index (χ1) is 22.3. The van der Waals surface area contributed by atoms with Crippen molar-refractivity contribution >= 4 is 65.7 Å². The molecule has 0 radical (unpaired) electrons. The molecule has 45 heavy (non-hydrogen) atoms. The van der Waals surface area contributed by atoms with Crippen molar-refractivity contribution in [3.63, 3.8) is 0 Å². The number of nitrogens with zero attached hydrogens (tertiary/aromatic N) is 4. The van der Waals surface area contributed by atoms with E-state index >= 15 is 0 Å². The lowest BCUT2D eigenvalue weighted by molar-refractivity contribution is 0.623. The molecule has 0 saturated carbocycles. The average Bonchev–Trinajstić information content (AvgIpc) is 3.75. The Kier molecular flexibility index (Phi) is 4.93. The quantitative estimate of drug-likeness (QED) is 0.210. The lowest BCUT2D eigenvalue weighted by Gasteiger charge is -2.10. The highest BCUT2D eigenvalue weighted by molar-refractivity contribution is 6.32. The molecule has 0 aliphatic carbocycles. The molecule has 0 bridgehead atoms. The minimum Gasteiger partial charge on any atom is -0.422 e. The molecule has 0 aliphatic heterocycles. The van der Waals surface area contributed by atoms with Gasteiger partial charge in [0.05, 0.1) is 27.3 Å². The summed E-state index contributed by atoms with van der Waals surface area (Å²) in [5.41, 5.74) is 7.96. The van der Waals surface area contributed by atoms with E-state index in [2.05, 4.69) is 130 Å². The molecule has 0 atom stereocenters. The second-order valence-electron chi connectivity index (χ2n) is 11.5. The fraction of sp³-hybridized carbons (Fsp3) is 0. The normalized spacial score (nSPS) is 12.0. The van der Waals surface area contributed by atoms with Crippen molar-refractivity contribution in [1.82, 2.24) is 19.1 Å². The smallest absolute Gasteiger partial charge is 0.217 e. The van der Waals surface area contributed by atoms with E-state index < -0.39 is 0 Å². The van der Waals surface area contributed by atoms with Crippen LogP contribution in [0.25, 0.3) is 88.3 Å². The van der Waals surface area contributed by atoms with Crippen molar-refractivity contribution < 1.29 is 4.42 Å². The Balaban J connectivity index is 1.38. The van der Waals surface area contributed by atoms with E-state index in [1.807, 2.05) is 24.5 Å². The SMILES string of the molecule is c1ccc(-c2ccc(-n3c4oc5c(c6ccc7ccccc7c6n5-c5ccccc5)c4c4ccc5ncccc5c43)nc2)cc1. The van der Waals surface area contributed by atoms with Crippen LogP contribution < -0.4 is 0 Å². The number of hydrogen-bond donors (Lipinski definition) is 0. The number of aromatic nitrogens is 4. The van der Waals surface area contributed by atoms with Crippen LogP contribution in [0.2, 0.25) is 0 Å². The van der Waals surface area contributed by atoms with Gasteiger partial charge in [0.1, 0.15) is 5.82 Å². The molecule has 0 fully saturated rings. The summed E-state index contributed by atoms with van der Waals surface area (Å²) in [7, 11) is 0. The van der Waals surface area contributed by atoms with Crippen molar-refractivity contribution in [2.24, 2.45) is 0 Å². The molecule has 210 valence electrons. The third-order valence-electron chi connectivity index (χ3n) is 9.02. The van der Waals surface area contributed by atoms with Gasteiger partial charge in [-0.05, 0) is 59.5 Å². The Hall–Kier alpha value is -6.20. The summed E-state index contributed by atoms with van der Waals surface area (Å²) in [6.07, 6.45) is 3.79. The largest absolute Gasteiger partial charge is 0.422 e. The zero-order chi connectivity index (χ0) is 29.5. The first kappa shape index (κ1) is 24.3. The van der Waals surface area contributed by atoms with Gasteiger partial charge in [0.15, 0.2) is 0 Å². The van der Waals surface area contributed by atoms with E-state index in [9.17, 15) is 0 Å². The number of hydrogen-bond acceptors (Lipinski definition) is 3. The Morgan fingerprint density at radius 3 is 1.96 bits per heavy atom. The lowest BCUT2D eigenvalue weighted by atomic mass is 10.0. The average molecular weight is 577 g/mol.